The number of nitrogens with zero attached hydrogens (tertiary/aromatic N) is 1. The first-order valence-corrected chi connectivity index (χ1v) is 7.05. The van der Waals surface area contributed by atoms with Crippen LogP contribution in [-0.2, 0) is 16.9 Å². The maximum atomic E-state index is 14.0. The standard InChI is InChI=1S/C17H14F2N2O2/c1-17(13-9-12(18)7-8-14(13)19)15(22)21(16(23)20-17)10-11-5-3-2-4-6-11/h2-9H,10H2,1H3,(H,20,23)/t17-/m0/s1. The minimum absolute atomic E-state index is 0.0675. The second-order valence-electron chi connectivity index (χ2n) is 5.56. The molecule has 4 nitrogen and oxygen atoms in total. The van der Waals surface area contributed by atoms with E-state index in [-0.39, 0.29) is 12.1 Å². The lowest BCUT2D eigenvalue weighted by Crippen LogP contribution is -2.41. The van der Waals surface area contributed by atoms with Crippen LogP contribution in [0, 0.1) is 11.6 Å². The highest BCUT2D eigenvalue weighted by atomic mass is 19.1. The van der Waals surface area contributed by atoms with E-state index in [9.17, 15) is 18.4 Å². The first kappa shape index (κ1) is 15.1. The minimum atomic E-state index is -1.63. The minimum Gasteiger partial charge on any atom is -0.319 e. The smallest absolute Gasteiger partial charge is 0.319 e. The number of amides is 3. The number of imide groups is 1. The van der Waals surface area contributed by atoms with Gasteiger partial charge in [-0.2, -0.15) is 0 Å². The highest BCUT2D eigenvalue weighted by Gasteiger charge is 2.50. The van der Waals surface area contributed by atoms with Gasteiger partial charge in [0, 0.05) is 5.56 Å². The molecule has 3 rings (SSSR count). The van der Waals surface area contributed by atoms with Crippen LogP contribution in [0.4, 0.5) is 13.6 Å². The molecule has 1 heterocycles. The Labute approximate surface area is 131 Å². The zero-order chi connectivity index (χ0) is 16.6. The Morgan fingerprint density at radius 3 is 2.48 bits per heavy atom. The van der Waals surface area contributed by atoms with Crippen LogP contribution in [0.3, 0.4) is 0 Å². The summed E-state index contributed by atoms with van der Waals surface area (Å²) in [6, 6.07) is 11.2. The van der Waals surface area contributed by atoms with E-state index < -0.39 is 29.1 Å². The maximum Gasteiger partial charge on any atom is 0.325 e. The molecule has 23 heavy (non-hydrogen) atoms. The molecule has 1 aliphatic heterocycles. The second kappa shape index (κ2) is 5.46. The summed E-state index contributed by atoms with van der Waals surface area (Å²) in [6.07, 6.45) is 0. The number of hydrogen-bond acceptors (Lipinski definition) is 2. The molecule has 6 heteroatoms. The molecule has 0 aliphatic carbocycles. The molecule has 3 amide bonds. The van der Waals surface area contributed by atoms with Crippen LogP contribution in [0.2, 0.25) is 0 Å². The van der Waals surface area contributed by atoms with Gasteiger partial charge in [-0.3, -0.25) is 9.69 Å². The number of carbonyl (C=O) groups excluding carboxylic acids is 2. The largest absolute Gasteiger partial charge is 0.325 e. The molecule has 0 radical (unpaired) electrons. The van der Waals surface area contributed by atoms with Gasteiger partial charge in [-0.1, -0.05) is 30.3 Å². The van der Waals surface area contributed by atoms with Gasteiger partial charge in [0.05, 0.1) is 6.54 Å². The summed E-state index contributed by atoms with van der Waals surface area (Å²) in [7, 11) is 0. The summed E-state index contributed by atoms with van der Waals surface area (Å²) in [5, 5.41) is 2.47. The van der Waals surface area contributed by atoms with Crippen LogP contribution in [0.25, 0.3) is 0 Å². The number of halogens is 2. The molecular formula is C17H14F2N2O2. The van der Waals surface area contributed by atoms with Gasteiger partial charge in [-0.15, -0.1) is 0 Å². The van der Waals surface area contributed by atoms with Crippen LogP contribution in [0.5, 0.6) is 0 Å². The van der Waals surface area contributed by atoms with Gasteiger partial charge in [-0.05, 0) is 30.7 Å². The molecule has 0 saturated carbocycles. The van der Waals surface area contributed by atoms with Crippen LogP contribution < -0.4 is 5.32 Å². The Morgan fingerprint density at radius 2 is 1.78 bits per heavy atom. The summed E-state index contributed by atoms with van der Waals surface area (Å²) in [5.41, 5.74) is -1.05. The first-order valence-electron chi connectivity index (χ1n) is 7.05. The summed E-state index contributed by atoms with van der Waals surface area (Å²) >= 11 is 0. The van der Waals surface area contributed by atoms with E-state index >= 15 is 0 Å². The third kappa shape index (κ3) is 2.56. The number of carbonyl (C=O) groups is 2. The van der Waals surface area contributed by atoms with Crippen molar-refractivity contribution in [2.75, 3.05) is 0 Å². The average molecular weight is 316 g/mol. The SMILES string of the molecule is C[C@@]1(c2cc(F)ccc2F)NC(=O)N(Cc2ccccc2)C1=O. The van der Waals surface area contributed by atoms with Gasteiger partial charge >= 0.3 is 6.03 Å². The molecule has 0 bridgehead atoms. The Hall–Kier alpha value is -2.76. The fourth-order valence-electron chi connectivity index (χ4n) is 2.67. The van der Waals surface area contributed by atoms with Crippen LogP contribution in [0.1, 0.15) is 18.1 Å². The van der Waals surface area contributed by atoms with Crippen LogP contribution >= 0.6 is 0 Å². The molecular weight excluding hydrogens is 302 g/mol. The Morgan fingerprint density at radius 1 is 1.09 bits per heavy atom. The van der Waals surface area contributed by atoms with Crippen LogP contribution in [-0.4, -0.2) is 16.8 Å². The average Bonchev–Trinajstić information content (AvgIpc) is 2.75. The quantitative estimate of drug-likeness (QED) is 0.885. The Balaban J connectivity index is 1.95. The maximum absolute atomic E-state index is 14.0. The monoisotopic (exact) mass is 316 g/mol. The topological polar surface area (TPSA) is 49.4 Å². The third-order valence-electron chi connectivity index (χ3n) is 3.93. The molecule has 0 spiro atoms. The van der Waals surface area contributed by atoms with E-state index in [1.165, 1.54) is 6.92 Å². The van der Waals surface area contributed by atoms with Crippen molar-refractivity contribution in [1.29, 1.82) is 0 Å². The summed E-state index contributed by atoms with van der Waals surface area (Å²) in [6.45, 7) is 1.44. The lowest BCUT2D eigenvalue weighted by molar-refractivity contribution is -0.131. The zero-order valence-electron chi connectivity index (χ0n) is 12.3. The van der Waals surface area contributed by atoms with Gasteiger partial charge in [0.25, 0.3) is 5.91 Å². The molecule has 2 aromatic rings. The molecule has 1 saturated heterocycles. The van der Waals surface area contributed by atoms with Crippen molar-refractivity contribution < 1.29 is 18.4 Å². The highest BCUT2D eigenvalue weighted by Crippen LogP contribution is 2.31. The number of benzene rings is 2. The number of nitrogens with one attached hydrogen (secondary N) is 1. The fraction of sp³-hybridized carbons (Fsp3) is 0.176. The molecule has 118 valence electrons. The predicted molar refractivity (Wildman–Crippen MR) is 79.2 cm³/mol. The third-order valence-corrected chi connectivity index (χ3v) is 3.93. The summed E-state index contributed by atoms with van der Waals surface area (Å²) in [5.74, 6) is -2.04. The van der Waals surface area contributed by atoms with E-state index in [4.69, 9.17) is 0 Å². The summed E-state index contributed by atoms with van der Waals surface area (Å²) in [4.78, 5) is 25.8. The van der Waals surface area contributed by atoms with E-state index in [0.717, 1.165) is 28.7 Å². The molecule has 1 fully saturated rings. The van der Waals surface area contributed by atoms with Gasteiger partial charge in [0.1, 0.15) is 17.2 Å². The van der Waals surface area contributed by atoms with Crippen molar-refractivity contribution in [2.24, 2.45) is 0 Å². The Bertz CT molecular complexity index is 779. The van der Waals surface area contributed by atoms with Gasteiger partial charge in [-0.25, -0.2) is 13.6 Å². The molecule has 0 unspecified atom stereocenters. The zero-order valence-corrected chi connectivity index (χ0v) is 12.3. The van der Waals surface area contributed by atoms with E-state index in [2.05, 4.69) is 5.32 Å². The number of urea groups is 1. The van der Waals surface area contributed by atoms with E-state index in [1.807, 2.05) is 6.07 Å². The highest BCUT2D eigenvalue weighted by molar-refractivity contribution is 6.07. The second-order valence-corrected chi connectivity index (χ2v) is 5.56. The number of hydrogen-bond donors (Lipinski definition) is 1. The molecule has 2 aromatic carbocycles. The molecule has 1 aliphatic rings. The lowest BCUT2D eigenvalue weighted by atomic mass is 9.91. The fourth-order valence-corrected chi connectivity index (χ4v) is 2.67. The van der Waals surface area contributed by atoms with Gasteiger partial charge in [0.15, 0.2) is 0 Å². The van der Waals surface area contributed by atoms with Crippen molar-refractivity contribution in [3.05, 3.63) is 71.3 Å². The van der Waals surface area contributed by atoms with Crippen molar-refractivity contribution in [3.8, 4) is 0 Å². The van der Waals surface area contributed by atoms with Crippen molar-refractivity contribution in [2.45, 2.75) is 19.0 Å². The van der Waals surface area contributed by atoms with E-state index in [1.54, 1.807) is 24.3 Å². The van der Waals surface area contributed by atoms with Gasteiger partial charge < -0.3 is 5.32 Å². The van der Waals surface area contributed by atoms with Crippen molar-refractivity contribution in [1.82, 2.24) is 10.2 Å². The molecule has 1 N–H and O–H groups in total. The van der Waals surface area contributed by atoms with Crippen molar-refractivity contribution >= 4 is 11.9 Å². The molecule has 0 aromatic heterocycles. The van der Waals surface area contributed by atoms with Crippen LogP contribution in [0.15, 0.2) is 48.5 Å². The molecule has 1 atom stereocenters. The van der Waals surface area contributed by atoms with Gasteiger partial charge in [0.2, 0.25) is 0 Å². The Kier molecular flexibility index (Phi) is 3.60. The normalized spacial score (nSPS) is 20.7. The lowest BCUT2D eigenvalue weighted by Gasteiger charge is -2.22. The first-order chi connectivity index (χ1) is 10.9. The summed E-state index contributed by atoms with van der Waals surface area (Å²) < 4.78 is 27.5. The number of rotatable bonds is 3. The predicted octanol–water partition coefficient (Wildman–Crippen LogP) is 2.93. The van der Waals surface area contributed by atoms with E-state index in [0.29, 0.717) is 0 Å². The van der Waals surface area contributed by atoms with Crippen molar-refractivity contribution in [3.63, 3.8) is 0 Å².